The molecule has 1 heterocycles. The molecule has 2 aromatic carbocycles. The molecule has 0 radical (unpaired) electrons. The van der Waals surface area contributed by atoms with Crippen LogP contribution >= 0.6 is 23.2 Å². The van der Waals surface area contributed by atoms with Crippen molar-refractivity contribution in [3.8, 4) is 11.9 Å². The van der Waals surface area contributed by atoms with Gasteiger partial charge in [0.15, 0.2) is 6.19 Å². The smallest absolute Gasteiger partial charge is 0.387 e. The van der Waals surface area contributed by atoms with Gasteiger partial charge in [0.2, 0.25) is 11.9 Å². The van der Waals surface area contributed by atoms with E-state index < -0.39 is 24.6 Å². The lowest BCUT2D eigenvalue weighted by atomic mass is 10.0. The van der Waals surface area contributed by atoms with Crippen molar-refractivity contribution in [2.75, 3.05) is 13.1 Å². The van der Waals surface area contributed by atoms with E-state index in [0.717, 1.165) is 0 Å². The molecule has 1 aliphatic heterocycles. The highest BCUT2D eigenvalue weighted by molar-refractivity contribution is 6.42. The van der Waals surface area contributed by atoms with Gasteiger partial charge in [-0.1, -0.05) is 35.3 Å². The lowest BCUT2D eigenvalue weighted by Gasteiger charge is -2.30. The van der Waals surface area contributed by atoms with E-state index in [9.17, 15) is 18.8 Å². The zero-order chi connectivity index (χ0) is 27.1. The molecule has 1 amide bonds. The largest absolute Gasteiger partial charge is 0.435 e. The topological polar surface area (TPSA) is 119 Å². The van der Waals surface area contributed by atoms with Crippen molar-refractivity contribution in [3.63, 3.8) is 0 Å². The van der Waals surface area contributed by atoms with Gasteiger partial charge in [-0.15, -0.1) is 0 Å². The Balaban J connectivity index is 2.07. The molecule has 0 fully saturated rings. The summed E-state index contributed by atoms with van der Waals surface area (Å²) in [5.41, 5.74) is 7.03. The van der Waals surface area contributed by atoms with Crippen LogP contribution in [0.25, 0.3) is 0 Å². The first-order chi connectivity index (χ1) is 17.6. The maximum absolute atomic E-state index is 13.0. The number of ether oxygens (including phenoxy) is 1. The van der Waals surface area contributed by atoms with Crippen molar-refractivity contribution in [3.05, 3.63) is 58.1 Å². The molecule has 0 spiro atoms. The molecule has 3 rings (SSSR count). The maximum Gasteiger partial charge on any atom is 0.387 e. The normalized spacial score (nSPS) is 16.8. The van der Waals surface area contributed by atoms with Crippen molar-refractivity contribution in [1.82, 2.24) is 15.2 Å². The molecule has 0 saturated heterocycles. The van der Waals surface area contributed by atoms with E-state index in [4.69, 9.17) is 30.3 Å². The minimum Gasteiger partial charge on any atom is -0.435 e. The zero-order valence-corrected chi connectivity index (χ0v) is 20.5. The molecular weight excluding hydrogens is 515 g/mol. The number of hydrazone groups is 1. The number of guanidine groups is 1. The van der Waals surface area contributed by atoms with Gasteiger partial charge in [0.25, 0.3) is 0 Å². The summed E-state index contributed by atoms with van der Waals surface area (Å²) in [4.78, 5) is 18.7. The van der Waals surface area contributed by atoms with Crippen molar-refractivity contribution in [1.29, 1.82) is 5.26 Å². The van der Waals surface area contributed by atoms with Crippen molar-refractivity contribution in [2.24, 2.45) is 15.8 Å². The quantitative estimate of drug-likeness (QED) is 0.238. The fourth-order valence-electron chi connectivity index (χ4n) is 3.51. The number of hydrogen-bond acceptors (Lipinski definition) is 6. The van der Waals surface area contributed by atoms with E-state index in [1.54, 1.807) is 31.3 Å². The lowest BCUT2D eigenvalue weighted by molar-refractivity contribution is -0.133. The van der Waals surface area contributed by atoms with Crippen molar-refractivity contribution < 1.29 is 19.7 Å². The summed E-state index contributed by atoms with van der Waals surface area (Å²) >= 11 is 12.3. The van der Waals surface area contributed by atoms with E-state index >= 15 is 0 Å². The Labute approximate surface area is 218 Å². The van der Waals surface area contributed by atoms with Gasteiger partial charge in [0, 0.05) is 19.5 Å². The van der Waals surface area contributed by atoms with Crippen LogP contribution in [0.1, 0.15) is 20.8 Å². The zero-order valence-electron chi connectivity index (χ0n) is 20.0. The second kappa shape index (κ2) is 12.0. The van der Waals surface area contributed by atoms with E-state index in [2.05, 4.69) is 20.1 Å². The predicted molar refractivity (Wildman–Crippen MR) is 133 cm³/mol. The highest BCUT2D eigenvalue weighted by Crippen LogP contribution is 2.28. The average Bonchev–Trinajstić information content (AvgIpc) is 3.28. The number of halogens is 4. The Morgan fingerprint density at radius 2 is 2.19 bits per heavy atom. The number of nitrogens with one attached hydrogen (secondary N) is 1. The molecule has 3 N–H and O–H groups in total. The Morgan fingerprint density at radius 3 is 2.83 bits per heavy atom. The van der Waals surface area contributed by atoms with Crippen LogP contribution in [0.3, 0.4) is 0 Å². The Morgan fingerprint density at radius 1 is 1.42 bits per heavy atom. The van der Waals surface area contributed by atoms with Crippen LogP contribution in [-0.2, 0) is 4.79 Å². The minimum atomic E-state index is -3.01. The van der Waals surface area contributed by atoms with Crippen LogP contribution in [-0.4, -0.2) is 59.3 Å². The van der Waals surface area contributed by atoms with Crippen LogP contribution in [0.5, 0.6) is 5.75 Å². The molecule has 9 nitrogen and oxygen atoms in total. The molecule has 0 aliphatic carbocycles. The summed E-state index contributed by atoms with van der Waals surface area (Å²) in [7, 11) is 0. The maximum atomic E-state index is 13.0. The predicted octanol–water partition coefficient (Wildman–Crippen LogP) is 3.94. The van der Waals surface area contributed by atoms with Gasteiger partial charge in [0.1, 0.15) is 5.75 Å². The number of carbonyl (C=O) groups is 1. The molecular formula is C23H23Cl2F2N7O2. The summed E-state index contributed by atoms with van der Waals surface area (Å²) in [6, 6.07) is 8.95. The van der Waals surface area contributed by atoms with Crippen LogP contribution in [0.4, 0.5) is 14.5 Å². The summed E-state index contributed by atoms with van der Waals surface area (Å²) in [6.45, 7) is -1.43. The van der Waals surface area contributed by atoms with Crippen LogP contribution < -0.4 is 15.8 Å². The van der Waals surface area contributed by atoms with Crippen LogP contribution in [0.15, 0.2) is 52.6 Å². The third-order valence-electron chi connectivity index (χ3n) is 5.09. The molecule has 0 aromatic heterocycles. The Kier molecular flexibility index (Phi) is 8.53. The van der Waals surface area contributed by atoms with Gasteiger partial charge in [-0.2, -0.15) is 19.1 Å². The number of hydrogen-bond donors (Lipinski definition) is 2. The monoisotopic (exact) mass is 538 g/mol. The number of alkyl halides is 2. The van der Waals surface area contributed by atoms with Crippen LogP contribution in [0, 0.1) is 11.5 Å². The first-order valence-electron chi connectivity index (χ1n) is 11.3. The number of likely N-dealkylation sites (N-methyl/N-ethyl adjacent to an activating group) is 1. The van der Waals surface area contributed by atoms with Gasteiger partial charge in [-0.25, -0.2) is 10.0 Å². The third-order valence-corrected chi connectivity index (χ3v) is 5.82. The second-order valence-electron chi connectivity index (χ2n) is 7.58. The molecule has 13 heteroatoms. The summed E-state index contributed by atoms with van der Waals surface area (Å²) < 4.78 is 37.4. The van der Waals surface area contributed by atoms with E-state index in [1.807, 2.05) is 0 Å². The second-order valence-corrected chi connectivity index (χ2v) is 8.39. The minimum absolute atomic E-state index is 0.0316. The van der Waals surface area contributed by atoms with E-state index in [0.29, 0.717) is 16.3 Å². The average molecular weight is 539 g/mol. The number of benzene rings is 2. The fraction of sp³-hybridized carbons (Fsp3) is 0.304. The Hall–Kier alpha value is -3.46. The first kappa shape index (κ1) is 25.6. The summed E-state index contributed by atoms with van der Waals surface area (Å²) in [6.07, 6.45) is 1.78. The number of amides is 1. The molecule has 0 saturated carbocycles. The van der Waals surface area contributed by atoms with Gasteiger partial charge in [-0.05, 0) is 38.1 Å². The summed E-state index contributed by atoms with van der Waals surface area (Å²) in [5.74, 6) is -0.540. The molecule has 0 bridgehead atoms. The van der Waals surface area contributed by atoms with Crippen molar-refractivity contribution in [2.45, 2.75) is 32.5 Å². The van der Waals surface area contributed by atoms with Gasteiger partial charge >= 0.3 is 6.61 Å². The first-order valence-corrected chi connectivity index (χ1v) is 11.4. The molecule has 2 aromatic rings. The summed E-state index contributed by atoms with van der Waals surface area (Å²) in [5, 5.41) is 18.3. The number of nitrogens with zero attached hydrogens (tertiary/aromatic N) is 5. The molecule has 36 heavy (non-hydrogen) atoms. The lowest BCUT2D eigenvalue weighted by Crippen LogP contribution is -2.52. The van der Waals surface area contributed by atoms with E-state index in [-0.39, 0.29) is 42.4 Å². The van der Waals surface area contributed by atoms with E-state index in [1.165, 1.54) is 34.2 Å². The molecule has 190 valence electrons. The molecule has 2 atom stereocenters. The van der Waals surface area contributed by atoms with Gasteiger partial charge in [-0.3, -0.25) is 10.1 Å². The fourth-order valence-corrected chi connectivity index (χ4v) is 3.80. The number of rotatable bonds is 7. The van der Waals surface area contributed by atoms with Gasteiger partial charge < -0.3 is 15.4 Å². The Bertz CT molecular complexity index is 1240. The highest BCUT2D eigenvalue weighted by atomic mass is 35.5. The SMILES string of the molecule is [2H]CCN(C(=O)[C@H](C)N)C1CN(C(=Nc2cccc(OC(F)F)c2)NC#N)N=C1c1ccc(Cl)c(Cl)c1. The number of carbonyl (C=O) groups excluding carboxylic acids is 1. The van der Waals surface area contributed by atoms with Crippen LogP contribution in [0.2, 0.25) is 10.0 Å². The molecule has 1 unspecified atom stereocenters. The number of nitriles is 1. The number of aliphatic imine (C=N–C) groups is 1. The highest BCUT2D eigenvalue weighted by Gasteiger charge is 2.37. The van der Waals surface area contributed by atoms with Crippen molar-refractivity contribution >= 4 is 46.5 Å². The molecule has 1 aliphatic rings. The third kappa shape index (κ3) is 6.40. The number of nitrogens with two attached hydrogens (primary N) is 1. The van der Waals surface area contributed by atoms with Gasteiger partial charge in [0.05, 0.1) is 40.1 Å². The standard InChI is InChI=1S/C23H23Cl2F2N7O2/c1-3-33(21(35)13(2)29)19-11-34(32-20(19)14-7-8-17(24)18(25)9-14)23(30-12-28)31-15-5-4-6-16(10-15)36-22(26)27/h4-10,13,19,22H,3,11,29H2,1-2H3,(H,30,31)/t13-,19?/m0/s1/i1D.